The summed E-state index contributed by atoms with van der Waals surface area (Å²) in [5, 5.41) is 0.511. The lowest BCUT2D eigenvalue weighted by Gasteiger charge is -2.25. The molecule has 1 aromatic heterocycles. The number of methoxy groups -OCH3 is 2. The van der Waals surface area contributed by atoms with E-state index in [0.29, 0.717) is 17.6 Å². The van der Waals surface area contributed by atoms with Crippen LogP contribution in [0.3, 0.4) is 0 Å². The summed E-state index contributed by atoms with van der Waals surface area (Å²) in [6.45, 7) is 6.78. The number of rotatable bonds is 8. The van der Waals surface area contributed by atoms with Crippen LogP contribution >= 0.6 is 11.6 Å². The van der Waals surface area contributed by atoms with Gasteiger partial charge in [-0.25, -0.2) is 9.97 Å². The lowest BCUT2D eigenvalue weighted by Crippen LogP contribution is -2.31. The maximum atomic E-state index is 6.12. The summed E-state index contributed by atoms with van der Waals surface area (Å²) in [7, 11) is 3.40. The second-order valence-corrected chi connectivity index (χ2v) is 4.69. The van der Waals surface area contributed by atoms with Crippen LogP contribution in [0.1, 0.15) is 17.8 Å². The normalized spacial score (nSPS) is 10.8. The highest BCUT2D eigenvalue weighted by atomic mass is 35.5. The molecule has 0 amide bonds. The molecule has 1 aromatic rings. The molecule has 108 valence electrons. The molecule has 19 heavy (non-hydrogen) atoms. The molecular weight excluding hydrogens is 266 g/mol. The number of hydrogen-bond acceptors (Lipinski definition) is 5. The molecule has 0 fully saturated rings. The van der Waals surface area contributed by atoms with E-state index in [2.05, 4.69) is 14.9 Å². The van der Waals surface area contributed by atoms with Gasteiger partial charge in [-0.2, -0.15) is 0 Å². The number of ether oxygens (including phenoxy) is 2. The smallest absolute Gasteiger partial charge is 0.137 e. The zero-order chi connectivity index (χ0) is 14.3. The number of aryl methyl sites for hydroxylation is 1. The Kier molecular flexibility index (Phi) is 7.05. The molecule has 0 atom stereocenters. The Bertz CT molecular complexity index is 402. The average molecular weight is 288 g/mol. The van der Waals surface area contributed by atoms with Crippen LogP contribution < -0.4 is 4.90 Å². The highest BCUT2D eigenvalue weighted by molar-refractivity contribution is 6.30. The molecular formula is C13H22ClN3O2. The molecule has 6 heteroatoms. The van der Waals surface area contributed by atoms with Gasteiger partial charge in [0.15, 0.2) is 0 Å². The Morgan fingerprint density at radius 2 is 1.74 bits per heavy atom. The third-order valence-electron chi connectivity index (χ3n) is 2.81. The van der Waals surface area contributed by atoms with Gasteiger partial charge >= 0.3 is 0 Å². The second kappa shape index (κ2) is 8.30. The number of halogens is 1. The van der Waals surface area contributed by atoms with Gasteiger partial charge in [-0.3, -0.25) is 0 Å². The Labute approximate surface area is 119 Å². The van der Waals surface area contributed by atoms with Crippen molar-refractivity contribution >= 4 is 17.4 Å². The van der Waals surface area contributed by atoms with E-state index in [4.69, 9.17) is 21.1 Å². The molecule has 0 radical (unpaired) electrons. The highest BCUT2D eigenvalue weighted by Crippen LogP contribution is 2.23. The predicted molar refractivity (Wildman–Crippen MR) is 77.1 cm³/mol. The van der Waals surface area contributed by atoms with E-state index >= 15 is 0 Å². The fraction of sp³-hybridized carbons (Fsp3) is 0.692. The molecule has 0 aliphatic rings. The molecule has 0 saturated heterocycles. The van der Waals surface area contributed by atoms with Crippen molar-refractivity contribution in [2.24, 2.45) is 0 Å². The predicted octanol–water partition coefficient (Wildman–Crippen LogP) is 2.24. The van der Waals surface area contributed by atoms with Crippen LogP contribution in [0.15, 0.2) is 0 Å². The molecule has 0 unspecified atom stereocenters. The number of aromatic nitrogens is 2. The molecule has 1 heterocycles. The Balaban J connectivity index is 2.88. The molecule has 0 aromatic carbocycles. The van der Waals surface area contributed by atoms with E-state index < -0.39 is 0 Å². The van der Waals surface area contributed by atoms with Gasteiger partial charge in [-0.05, 0) is 20.3 Å². The molecule has 1 rings (SSSR count). The first kappa shape index (κ1) is 16.1. The van der Waals surface area contributed by atoms with Gasteiger partial charge in [0.1, 0.15) is 16.8 Å². The number of hydrogen-bond donors (Lipinski definition) is 0. The Morgan fingerprint density at radius 3 is 2.37 bits per heavy atom. The molecule has 0 aliphatic heterocycles. The number of anilines is 1. The van der Waals surface area contributed by atoms with Crippen molar-refractivity contribution in [3.05, 3.63) is 16.5 Å². The van der Waals surface area contributed by atoms with Gasteiger partial charge in [-0.1, -0.05) is 11.6 Å². The van der Waals surface area contributed by atoms with E-state index in [1.165, 1.54) is 0 Å². The molecule has 0 saturated carbocycles. The van der Waals surface area contributed by atoms with Crippen molar-refractivity contribution in [1.82, 2.24) is 9.97 Å². The van der Waals surface area contributed by atoms with Gasteiger partial charge in [0.05, 0.1) is 6.61 Å². The highest BCUT2D eigenvalue weighted by Gasteiger charge is 2.14. The van der Waals surface area contributed by atoms with Crippen LogP contribution in [0.2, 0.25) is 5.15 Å². The summed E-state index contributed by atoms with van der Waals surface area (Å²) in [6, 6.07) is 0. The summed E-state index contributed by atoms with van der Waals surface area (Å²) in [5.74, 6) is 1.56. The molecule has 0 bridgehead atoms. The van der Waals surface area contributed by atoms with Gasteiger partial charge < -0.3 is 14.4 Å². The van der Waals surface area contributed by atoms with Crippen molar-refractivity contribution < 1.29 is 9.47 Å². The maximum absolute atomic E-state index is 6.12. The Morgan fingerprint density at radius 1 is 1.05 bits per heavy atom. The maximum Gasteiger partial charge on any atom is 0.137 e. The lowest BCUT2D eigenvalue weighted by atomic mass is 10.3. The fourth-order valence-electron chi connectivity index (χ4n) is 1.81. The van der Waals surface area contributed by atoms with Crippen molar-refractivity contribution in [2.75, 3.05) is 45.4 Å². The minimum atomic E-state index is 0.511. The molecule has 0 aliphatic carbocycles. The average Bonchev–Trinajstić information content (AvgIpc) is 2.38. The third-order valence-corrected chi connectivity index (χ3v) is 3.18. The van der Waals surface area contributed by atoms with E-state index in [-0.39, 0.29) is 0 Å². The lowest BCUT2D eigenvalue weighted by molar-refractivity contribution is 0.191. The molecule has 0 N–H and O–H groups in total. The van der Waals surface area contributed by atoms with Crippen LogP contribution in [0.25, 0.3) is 0 Å². The van der Waals surface area contributed by atoms with Gasteiger partial charge in [0.2, 0.25) is 0 Å². The minimum absolute atomic E-state index is 0.511. The van der Waals surface area contributed by atoms with Crippen LogP contribution in [0.4, 0.5) is 5.82 Å². The zero-order valence-electron chi connectivity index (χ0n) is 12.1. The van der Waals surface area contributed by atoms with E-state index in [1.54, 1.807) is 14.2 Å². The van der Waals surface area contributed by atoms with E-state index in [9.17, 15) is 0 Å². The largest absolute Gasteiger partial charge is 0.385 e. The summed E-state index contributed by atoms with van der Waals surface area (Å²) >= 11 is 6.12. The zero-order valence-corrected chi connectivity index (χ0v) is 12.8. The summed E-state index contributed by atoms with van der Waals surface area (Å²) < 4.78 is 10.2. The number of nitrogens with zero attached hydrogens (tertiary/aromatic N) is 3. The summed E-state index contributed by atoms with van der Waals surface area (Å²) in [5.41, 5.74) is 0.904. The molecule has 0 spiro atoms. The van der Waals surface area contributed by atoms with Crippen LogP contribution in [-0.4, -0.2) is 50.5 Å². The summed E-state index contributed by atoms with van der Waals surface area (Å²) in [4.78, 5) is 10.8. The van der Waals surface area contributed by atoms with E-state index in [0.717, 1.165) is 37.5 Å². The van der Waals surface area contributed by atoms with Crippen molar-refractivity contribution in [3.63, 3.8) is 0 Å². The van der Waals surface area contributed by atoms with Crippen molar-refractivity contribution in [2.45, 2.75) is 20.3 Å². The standard InChI is InChI=1S/C13H22ClN3O2/c1-10-12(14)15-11(2)16-13(10)17(7-9-19-4)6-5-8-18-3/h5-9H2,1-4H3. The summed E-state index contributed by atoms with van der Waals surface area (Å²) in [6.07, 6.45) is 0.931. The minimum Gasteiger partial charge on any atom is -0.385 e. The SMILES string of the molecule is COCCCN(CCOC)c1nc(C)nc(Cl)c1C. The van der Waals surface area contributed by atoms with E-state index in [1.807, 2.05) is 13.8 Å². The second-order valence-electron chi connectivity index (χ2n) is 4.34. The first-order valence-electron chi connectivity index (χ1n) is 6.33. The quantitative estimate of drug-likeness (QED) is 0.542. The first-order chi connectivity index (χ1) is 9.10. The first-order valence-corrected chi connectivity index (χ1v) is 6.71. The van der Waals surface area contributed by atoms with Crippen LogP contribution in [0, 0.1) is 13.8 Å². The van der Waals surface area contributed by atoms with Gasteiger partial charge in [0, 0.05) is 39.5 Å². The van der Waals surface area contributed by atoms with Gasteiger partial charge in [-0.15, -0.1) is 0 Å². The Hall–Kier alpha value is -0.910. The third kappa shape index (κ3) is 4.93. The fourth-order valence-corrected chi connectivity index (χ4v) is 2.02. The molecule has 5 nitrogen and oxygen atoms in total. The van der Waals surface area contributed by atoms with Crippen LogP contribution in [0.5, 0.6) is 0 Å². The topological polar surface area (TPSA) is 47.5 Å². The van der Waals surface area contributed by atoms with Gasteiger partial charge in [0.25, 0.3) is 0 Å². The van der Waals surface area contributed by atoms with Crippen molar-refractivity contribution in [3.8, 4) is 0 Å². The van der Waals surface area contributed by atoms with Crippen LogP contribution in [-0.2, 0) is 9.47 Å². The monoisotopic (exact) mass is 287 g/mol. The van der Waals surface area contributed by atoms with Crippen molar-refractivity contribution in [1.29, 1.82) is 0 Å².